The van der Waals surface area contributed by atoms with Gasteiger partial charge in [0.15, 0.2) is 0 Å². The van der Waals surface area contributed by atoms with Gasteiger partial charge in [0.1, 0.15) is 6.17 Å². The Bertz CT molecular complexity index is 636. The van der Waals surface area contributed by atoms with E-state index in [1.807, 2.05) is 36.4 Å². The summed E-state index contributed by atoms with van der Waals surface area (Å²) in [6.45, 7) is 0. The van der Waals surface area contributed by atoms with Crippen LogP contribution in [-0.4, -0.2) is 28.4 Å². The van der Waals surface area contributed by atoms with Crippen LogP contribution in [0, 0.1) is 44.1 Å². The van der Waals surface area contributed by atoms with E-state index in [4.69, 9.17) is 0 Å². The number of hydrogen-bond acceptors (Lipinski definition) is 3. The molecule has 3 rings (SSSR count). The number of hydrogen-bond donors (Lipinski definition) is 2. The van der Waals surface area contributed by atoms with Crippen LogP contribution in [0.4, 0.5) is 0 Å². The minimum atomic E-state index is -0.305. The molecule has 5 heteroatoms. The molecule has 1 aliphatic rings. The van der Waals surface area contributed by atoms with E-state index in [0.29, 0.717) is 12.8 Å². The maximum Gasteiger partial charge on any atom is 0.264 e. The van der Waals surface area contributed by atoms with Gasteiger partial charge in [-0.25, -0.2) is 5.06 Å². The van der Waals surface area contributed by atoms with E-state index >= 15 is 0 Å². The summed E-state index contributed by atoms with van der Waals surface area (Å²) in [5.41, 5.74) is 2.42. The van der Waals surface area contributed by atoms with Crippen molar-refractivity contribution in [3.63, 3.8) is 0 Å². The van der Waals surface area contributed by atoms with Gasteiger partial charge >= 0.3 is 0 Å². The molecule has 24 heavy (non-hydrogen) atoms. The quantitative estimate of drug-likeness (QED) is 0.558. The molecule has 2 N–H and O–H groups in total. The van der Waals surface area contributed by atoms with Crippen molar-refractivity contribution in [3.8, 4) is 0 Å². The monoisotopic (exact) mass is 537 g/mol. The fraction of sp³-hybridized carbons (Fsp3) is 0.316. The molecule has 2 aromatic carbocycles. The standard InChI is InChI=1S/C19H22N2O2.Ac/c22-19-17(13-11-15-7-3-1-4-8-15)20-18(21(19)23)14-12-16-9-5-2-6-10-16;/h1-10,17-18,20,23H,11-14H2;. The molecule has 2 aromatic rings. The zero-order valence-corrected chi connectivity index (χ0v) is 18.4. The first kappa shape index (κ1) is 19.6. The van der Waals surface area contributed by atoms with Crippen LogP contribution in [0.3, 0.4) is 0 Å². The number of benzene rings is 2. The Morgan fingerprint density at radius 3 is 1.92 bits per heavy atom. The van der Waals surface area contributed by atoms with Gasteiger partial charge in [0, 0.05) is 44.1 Å². The summed E-state index contributed by atoms with van der Waals surface area (Å²) < 4.78 is 0. The van der Waals surface area contributed by atoms with Gasteiger partial charge < -0.3 is 0 Å². The molecule has 0 spiro atoms. The number of aryl methyl sites for hydroxylation is 2. The smallest absolute Gasteiger partial charge is 0.264 e. The summed E-state index contributed by atoms with van der Waals surface area (Å²) in [6, 6.07) is 19.9. The van der Waals surface area contributed by atoms with Crippen LogP contribution in [0.25, 0.3) is 0 Å². The number of hydroxylamine groups is 2. The average molecular weight is 537 g/mol. The van der Waals surface area contributed by atoms with Crippen molar-refractivity contribution >= 4 is 5.91 Å². The van der Waals surface area contributed by atoms with Crippen LogP contribution < -0.4 is 5.32 Å². The maximum absolute atomic E-state index is 12.2. The van der Waals surface area contributed by atoms with Crippen LogP contribution in [-0.2, 0) is 17.6 Å². The van der Waals surface area contributed by atoms with Gasteiger partial charge in [-0.1, -0.05) is 60.7 Å². The van der Waals surface area contributed by atoms with Gasteiger partial charge in [-0.15, -0.1) is 0 Å². The van der Waals surface area contributed by atoms with E-state index in [9.17, 15) is 10.0 Å². The molecule has 2 atom stereocenters. The summed E-state index contributed by atoms with van der Waals surface area (Å²) in [5, 5.41) is 14.2. The van der Waals surface area contributed by atoms with E-state index in [1.54, 1.807) is 0 Å². The number of carbonyl (C=O) groups excluding carboxylic acids is 1. The van der Waals surface area contributed by atoms with Crippen molar-refractivity contribution in [1.29, 1.82) is 0 Å². The predicted octanol–water partition coefficient (Wildman–Crippen LogP) is 2.77. The molecule has 0 saturated carbocycles. The van der Waals surface area contributed by atoms with Gasteiger partial charge in [-0.05, 0) is 36.8 Å². The van der Waals surface area contributed by atoms with Gasteiger partial charge in [-0.3, -0.25) is 15.3 Å². The van der Waals surface area contributed by atoms with Gasteiger partial charge in [0.05, 0.1) is 6.04 Å². The summed E-state index contributed by atoms with van der Waals surface area (Å²) in [6.07, 6.45) is 2.75. The fourth-order valence-electron chi connectivity index (χ4n) is 3.00. The SMILES string of the molecule is O=C1C(CCc2ccccc2)NC(CCc2ccccc2)N1O.[Ac]. The van der Waals surface area contributed by atoms with Crippen molar-refractivity contribution in [2.45, 2.75) is 37.9 Å². The molecule has 1 saturated heterocycles. The molecule has 1 fully saturated rings. The van der Waals surface area contributed by atoms with Crippen LogP contribution in [0.5, 0.6) is 0 Å². The van der Waals surface area contributed by atoms with E-state index in [-0.39, 0.29) is 62.2 Å². The van der Waals surface area contributed by atoms with Crippen molar-refractivity contribution in [3.05, 3.63) is 71.8 Å². The molecule has 1 aliphatic heterocycles. The fourth-order valence-corrected chi connectivity index (χ4v) is 3.00. The van der Waals surface area contributed by atoms with Gasteiger partial charge in [-0.2, -0.15) is 0 Å². The molecule has 0 bridgehead atoms. The van der Waals surface area contributed by atoms with E-state index < -0.39 is 0 Å². The molecule has 0 aliphatic carbocycles. The molecule has 123 valence electrons. The minimum absolute atomic E-state index is 0. The van der Waals surface area contributed by atoms with Crippen LogP contribution in [0.15, 0.2) is 60.7 Å². The Morgan fingerprint density at radius 1 is 0.875 bits per heavy atom. The summed E-state index contributed by atoms with van der Waals surface area (Å²) in [5.74, 6) is -0.223. The molecule has 4 nitrogen and oxygen atoms in total. The second-order valence-electron chi connectivity index (χ2n) is 5.97. The largest absolute Gasteiger partial charge is 0.284 e. The number of rotatable bonds is 6. The number of amides is 1. The molecule has 1 heterocycles. The Balaban J connectivity index is 0.00000208. The van der Waals surface area contributed by atoms with Gasteiger partial charge in [0.25, 0.3) is 5.91 Å². The first-order valence-electron chi connectivity index (χ1n) is 8.10. The second kappa shape index (κ2) is 9.68. The molecule has 1 amide bonds. The molecular weight excluding hydrogens is 515 g/mol. The topological polar surface area (TPSA) is 52.6 Å². The van der Waals surface area contributed by atoms with Crippen molar-refractivity contribution < 1.29 is 54.1 Å². The van der Waals surface area contributed by atoms with Crippen LogP contribution in [0.1, 0.15) is 24.0 Å². The Morgan fingerprint density at radius 2 is 1.38 bits per heavy atom. The first-order chi connectivity index (χ1) is 11.2. The zero-order chi connectivity index (χ0) is 16.1. The minimum Gasteiger partial charge on any atom is -0.284 e. The van der Waals surface area contributed by atoms with Crippen molar-refractivity contribution in [1.82, 2.24) is 10.4 Å². The number of nitrogens with one attached hydrogen (secondary N) is 1. The third-order valence-electron chi connectivity index (χ3n) is 4.33. The third-order valence-corrected chi connectivity index (χ3v) is 4.33. The summed E-state index contributed by atoms with van der Waals surface area (Å²) in [4.78, 5) is 12.2. The van der Waals surface area contributed by atoms with E-state index in [0.717, 1.165) is 17.9 Å². The first-order valence-corrected chi connectivity index (χ1v) is 8.10. The molecular formula is C19H22AcN2O2. The zero-order valence-electron chi connectivity index (χ0n) is 13.6. The van der Waals surface area contributed by atoms with Crippen LogP contribution >= 0.6 is 0 Å². The van der Waals surface area contributed by atoms with Crippen LogP contribution in [0.2, 0.25) is 0 Å². The summed E-state index contributed by atoms with van der Waals surface area (Å²) >= 11 is 0. The predicted molar refractivity (Wildman–Crippen MR) is 88.9 cm³/mol. The van der Waals surface area contributed by atoms with Crippen molar-refractivity contribution in [2.24, 2.45) is 0 Å². The Labute approximate surface area is 178 Å². The summed E-state index contributed by atoms with van der Waals surface area (Å²) in [7, 11) is 0. The number of nitrogens with zero attached hydrogens (tertiary/aromatic N) is 1. The molecule has 1 radical (unpaired) electrons. The number of carbonyl (C=O) groups is 1. The average Bonchev–Trinajstić information content (AvgIpc) is 2.88. The van der Waals surface area contributed by atoms with Gasteiger partial charge in [0.2, 0.25) is 0 Å². The van der Waals surface area contributed by atoms with E-state index in [1.165, 1.54) is 11.1 Å². The van der Waals surface area contributed by atoms with Crippen molar-refractivity contribution in [2.75, 3.05) is 0 Å². The normalized spacial score (nSPS) is 20.0. The molecule has 0 aromatic heterocycles. The second-order valence-corrected chi connectivity index (χ2v) is 5.97. The Kier molecular flexibility index (Phi) is 7.90. The van der Waals surface area contributed by atoms with E-state index in [2.05, 4.69) is 29.6 Å². The molecule has 2 unspecified atom stereocenters. The third kappa shape index (κ3) is 5.13. The maximum atomic E-state index is 12.2. The Hall–Kier alpha value is -0.728.